The lowest BCUT2D eigenvalue weighted by molar-refractivity contribution is 0.150. The van der Waals surface area contributed by atoms with Gasteiger partial charge >= 0.3 is 0 Å². The molecule has 40 heavy (non-hydrogen) atoms. The van der Waals surface area contributed by atoms with Gasteiger partial charge in [-0.25, -0.2) is 4.98 Å². The van der Waals surface area contributed by atoms with E-state index >= 15 is 0 Å². The Morgan fingerprint density at radius 1 is 0.875 bits per heavy atom. The molecule has 5 rings (SSSR count). The van der Waals surface area contributed by atoms with Gasteiger partial charge in [0.1, 0.15) is 28.9 Å². The van der Waals surface area contributed by atoms with Crippen molar-refractivity contribution in [2.24, 2.45) is 7.05 Å². The molecule has 204 valence electrons. The van der Waals surface area contributed by atoms with E-state index in [9.17, 15) is 15.3 Å². The Morgan fingerprint density at radius 2 is 1.45 bits per heavy atom. The normalized spacial score (nSPS) is 15.3. The number of fused-ring (bicyclic) bond motifs is 1. The molecule has 4 aromatic rings. The van der Waals surface area contributed by atoms with E-state index in [1.807, 2.05) is 13.8 Å². The number of anilines is 1. The number of piperazine rings is 1. The van der Waals surface area contributed by atoms with E-state index in [4.69, 9.17) is 0 Å². The molecule has 0 N–H and O–H groups in total. The fourth-order valence-corrected chi connectivity index (χ4v) is 5.50. The van der Waals surface area contributed by atoms with E-state index in [-0.39, 0.29) is 28.9 Å². The molecule has 0 bridgehead atoms. The van der Waals surface area contributed by atoms with Crippen LogP contribution < -0.4 is 10.5 Å². The summed E-state index contributed by atoms with van der Waals surface area (Å²) in [6.07, 6.45) is 0. The van der Waals surface area contributed by atoms with Gasteiger partial charge in [0, 0.05) is 32.7 Å². The van der Waals surface area contributed by atoms with E-state index in [1.54, 1.807) is 19.2 Å². The van der Waals surface area contributed by atoms with Crippen molar-refractivity contribution in [3.05, 3.63) is 105 Å². The smallest absolute Gasteiger partial charge is 0.270 e. The lowest BCUT2D eigenvalue weighted by atomic mass is 9.93. The standard InChI is InChI=1S/C31H30N6O.C2H6/c1-20-5-9-23(10-6-20)29(24-11-7-21(2)8-12-24)37-16-15-36(19-22(37)3)30-26(18-33)31(38)35(4)27-14-13-25(17-32)34-28(27)30;1-2/h5-14,22,29H,15-16,19H2,1-4H3;1-2H3. The Labute approximate surface area is 236 Å². The molecule has 3 heterocycles. The van der Waals surface area contributed by atoms with Crippen molar-refractivity contribution >= 4 is 16.7 Å². The number of hydrogen-bond acceptors (Lipinski definition) is 6. The number of benzene rings is 2. The molecule has 0 spiro atoms. The molecule has 1 saturated heterocycles. The molecule has 1 aliphatic rings. The summed E-state index contributed by atoms with van der Waals surface area (Å²) in [6.45, 7) is 12.3. The van der Waals surface area contributed by atoms with Crippen LogP contribution in [0.2, 0.25) is 0 Å². The summed E-state index contributed by atoms with van der Waals surface area (Å²) in [5.41, 5.74) is 6.52. The van der Waals surface area contributed by atoms with Crippen LogP contribution in [0.15, 0.2) is 65.5 Å². The van der Waals surface area contributed by atoms with Crippen molar-refractivity contribution in [3.63, 3.8) is 0 Å². The summed E-state index contributed by atoms with van der Waals surface area (Å²) in [4.78, 5) is 22.3. The number of rotatable bonds is 4. The van der Waals surface area contributed by atoms with E-state index in [1.165, 1.54) is 26.8 Å². The Morgan fingerprint density at radius 3 is 1.95 bits per heavy atom. The van der Waals surface area contributed by atoms with E-state index in [0.29, 0.717) is 29.8 Å². The predicted molar refractivity (Wildman–Crippen MR) is 160 cm³/mol. The van der Waals surface area contributed by atoms with Gasteiger partial charge in [-0.3, -0.25) is 9.69 Å². The average molecular weight is 533 g/mol. The van der Waals surface area contributed by atoms with Crippen molar-refractivity contribution in [1.29, 1.82) is 10.5 Å². The number of pyridine rings is 2. The molecule has 7 nitrogen and oxygen atoms in total. The monoisotopic (exact) mass is 532 g/mol. The van der Waals surface area contributed by atoms with Crippen LogP contribution in [0.25, 0.3) is 11.0 Å². The van der Waals surface area contributed by atoms with E-state index in [0.717, 1.165) is 6.54 Å². The SMILES string of the molecule is CC.Cc1ccc(C(c2ccc(C)cc2)N2CCN(c3c(C#N)c(=O)n(C)c4ccc(C#N)nc34)CC2C)cc1. The van der Waals surface area contributed by atoms with Gasteiger partial charge in [-0.15, -0.1) is 0 Å². The van der Waals surface area contributed by atoms with Crippen molar-refractivity contribution in [2.45, 2.75) is 46.7 Å². The molecule has 1 unspecified atom stereocenters. The molecule has 0 amide bonds. The first-order chi connectivity index (χ1) is 19.3. The topological polar surface area (TPSA) is 89.0 Å². The first kappa shape index (κ1) is 28.5. The number of nitriles is 2. The molecule has 0 saturated carbocycles. The van der Waals surface area contributed by atoms with Gasteiger partial charge in [0.25, 0.3) is 5.56 Å². The molecule has 2 aromatic heterocycles. The maximum absolute atomic E-state index is 13.1. The zero-order valence-corrected chi connectivity index (χ0v) is 24.1. The lowest BCUT2D eigenvalue weighted by Crippen LogP contribution is -2.53. The predicted octanol–water partition coefficient (Wildman–Crippen LogP) is 5.62. The van der Waals surface area contributed by atoms with Crippen molar-refractivity contribution in [3.8, 4) is 12.1 Å². The third-order valence-electron chi connectivity index (χ3n) is 7.55. The first-order valence-corrected chi connectivity index (χ1v) is 13.8. The average Bonchev–Trinajstić information content (AvgIpc) is 2.98. The second-order valence-corrected chi connectivity index (χ2v) is 10.1. The summed E-state index contributed by atoms with van der Waals surface area (Å²) in [7, 11) is 1.64. The lowest BCUT2D eigenvalue weighted by Gasteiger charge is -2.45. The summed E-state index contributed by atoms with van der Waals surface area (Å²) < 4.78 is 1.44. The van der Waals surface area contributed by atoms with Gasteiger partial charge in [0.05, 0.1) is 17.2 Å². The molecule has 1 fully saturated rings. The van der Waals surface area contributed by atoms with Gasteiger partial charge in [-0.1, -0.05) is 73.5 Å². The molecule has 1 aliphatic heterocycles. The quantitative estimate of drug-likeness (QED) is 0.339. The van der Waals surface area contributed by atoms with Gasteiger partial charge in [-0.05, 0) is 44.0 Å². The largest absolute Gasteiger partial charge is 0.366 e. The Kier molecular flexibility index (Phi) is 8.67. The van der Waals surface area contributed by atoms with Crippen LogP contribution >= 0.6 is 0 Å². The molecular formula is C33H36N6O. The molecule has 7 heteroatoms. The highest BCUT2D eigenvalue weighted by Crippen LogP contribution is 2.35. The third kappa shape index (κ3) is 5.34. The van der Waals surface area contributed by atoms with Crippen LogP contribution in [0.4, 0.5) is 5.69 Å². The Bertz CT molecular complexity index is 1600. The number of nitrogens with zero attached hydrogens (tertiary/aromatic N) is 6. The zero-order chi connectivity index (χ0) is 29.0. The van der Waals surface area contributed by atoms with Crippen LogP contribution in [0.5, 0.6) is 0 Å². The van der Waals surface area contributed by atoms with Gasteiger partial charge < -0.3 is 9.47 Å². The molecule has 0 radical (unpaired) electrons. The van der Waals surface area contributed by atoms with Crippen molar-refractivity contribution < 1.29 is 0 Å². The third-order valence-corrected chi connectivity index (χ3v) is 7.55. The Balaban J connectivity index is 0.00000181. The fraction of sp³-hybridized carbons (Fsp3) is 0.333. The summed E-state index contributed by atoms with van der Waals surface area (Å²) in [6, 6.07) is 25.2. The maximum atomic E-state index is 13.1. The highest BCUT2D eigenvalue weighted by atomic mass is 16.1. The fourth-order valence-electron chi connectivity index (χ4n) is 5.50. The molecule has 1 atom stereocenters. The van der Waals surface area contributed by atoms with Gasteiger partial charge in [0.15, 0.2) is 0 Å². The Hall–Kier alpha value is -4.46. The van der Waals surface area contributed by atoms with Crippen LogP contribution in [0, 0.1) is 36.5 Å². The highest BCUT2D eigenvalue weighted by Gasteiger charge is 2.33. The molecular weight excluding hydrogens is 496 g/mol. The minimum absolute atomic E-state index is 0.0665. The summed E-state index contributed by atoms with van der Waals surface area (Å²) in [5.74, 6) is 0. The number of aryl methyl sites for hydroxylation is 3. The number of hydrogen-bond donors (Lipinski definition) is 0. The second kappa shape index (κ2) is 12.2. The number of aromatic nitrogens is 2. The highest BCUT2D eigenvalue weighted by molar-refractivity contribution is 5.92. The molecule has 2 aromatic carbocycles. The van der Waals surface area contributed by atoms with Crippen LogP contribution in [0.1, 0.15) is 60.3 Å². The minimum atomic E-state index is -0.353. The maximum Gasteiger partial charge on any atom is 0.270 e. The zero-order valence-electron chi connectivity index (χ0n) is 24.1. The minimum Gasteiger partial charge on any atom is -0.366 e. The van der Waals surface area contributed by atoms with Crippen LogP contribution in [-0.2, 0) is 7.05 Å². The van der Waals surface area contributed by atoms with Crippen LogP contribution in [0.3, 0.4) is 0 Å². The second-order valence-electron chi connectivity index (χ2n) is 10.1. The first-order valence-electron chi connectivity index (χ1n) is 13.8. The van der Waals surface area contributed by atoms with Gasteiger partial charge in [-0.2, -0.15) is 10.5 Å². The summed E-state index contributed by atoms with van der Waals surface area (Å²) in [5, 5.41) is 19.5. The van der Waals surface area contributed by atoms with Crippen molar-refractivity contribution in [2.75, 3.05) is 24.5 Å². The van der Waals surface area contributed by atoms with Gasteiger partial charge in [0.2, 0.25) is 0 Å². The van der Waals surface area contributed by atoms with Crippen molar-refractivity contribution in [1.82, 2.24) is 14.5 Å². The molecule has 0 aliphatic carbocycles. The summed E-state index contributed by atoms with van der Waals surface area (Å²) >= 11 is 0. The van der Waals surface area contributed by atoms with Crippen LogP contribution in [-0.4, -0.2) is 40.1 Å². The van der Waals surface area contributed by atoms with E-state index in [2.05, 4.69) is 96.2 Å². The van der Waals surface area contributed by atoms with E-state index < -0.39 is 0 Å².